The van der Waals surface area contributed by atoms with Crippen LogP contribution < -0.4 is 0 Å². The molecule has 0 aliphatic heterocycles. The fourth-order valence-electron chi connectivity index (χ4n) is 0.924. The Morgan fingerprint density at radius 3 is 2.64 bits per heavy atom. The number of nitriles is 1. The zero-order valence-corrected chi connectivity index (χ0v) is 7.40. The van der Waals surface area contributed by atoms with Crippen molar-refractivity contribution in [2.75, 3.05) is 0 Å². The van der Waals surface area contributed by atoms with Gasteiger partial charge in [0.25, 0.3) is 0 Å². The topological polar surface area (TPSA) is 23.8 Å². The normalized spacial score (nSPS) is 14.5. The molecular formula is C9H11NS. The van der Waals surface area contributed by atoms with Gasteiger partial charge >= 0.3 is 0 Å². The van der Waals surface area contributed by atoms with Gasteiger partial charge in [0.15, 0.2) is 0 Å². The summed E-state index contributed by atoms with van der Waals surface area (Å²) in [5, 5.41) is 11.7. The largest absolute Gasteiger partial charge is 0.199 e. The number of nitrogens with zero attached hydrogens (tertiary/aromatic N) is 1. The lowest BCUT2D eigenvalue weighted by Gasteiger charge is -1.82. The molecule has 1 aliphatic rings. The van der Waals surface area contributed by atoms with Crippen molar-refractivity contribution >= 4 is 11.3 Å². The van der Waals surface area contributed by atoms with Crippen LogP contribution in [-0.4, -0.2) is 0 Å². The van der Waals surface area contributed by atoms with E-state index >= 15 is 0 Å². The molecule has 0 unspecified atom stereocenters. The van der Waals surface area contributed by atoms with Crippen molar-refractivity contribution in [1.82, 2.24) is 0 Å². The number of rotatable bonds is 1. The molecule has 0 radical (unpaired) electrons. The highest BCUT2D eigenvalue weighted by Gasteiger charge is 2.22. The maximum Gasteiger partial charge on any atom is 0.0587 e. The minimum Gasteiger partial charge on any atom is -0.199 e. The lowest BCUT2D eigenvalue weighted by atomic mass is 10.2. The molecule has 1 saturated carbocycles. The summed E-state index contributed by atoms with van der Waals surface area (Å²) in [6.07, 6.45) is 2.85. The van der Waals surface area contributed by atoms with Crippen LogP contribution in [0, 0.1) is 11.3 Å². The first kappa shape index (κ1) is 8.29. The zero-order valence-electron chi connectivity index (χ0n) is 6.58. The van der Waals surface area contributed by atoms with Crippen LogP contribution in [0.1, 0.15) is 31.2 Å². The van der Waals surface area contributed by atoms with E-state index in [1.807, 2.05) is 11.3 Å². The summed E-state index contributed by atoms with van der Waals surface area (Å²) in [5.74, 6) is 0.946. The van der Waals surface area contributed by atoms with Crippen molar-refractivity contribution in [2.24, 2.45) is 0 Å². The van der Waals surface area contributed by atoms with E-state index < -0.39 is 0 Å². The summed E-state index contributed by atoms with van der Waals surface area (Å²) in [6.45, 7) is 1.43. The van der Waals surface area contributed by atoms with Gasteiger partial charge in [-0.2, -0.15) is 16.6 Å². The molecule has 1 aliphatic carbocycles. The van der Waals surface area contributed by atoms with Crippen LogP contribution >= 0.6 is 11.3 Å². The predicted molar refractivity (Wildman–Crippen MR) is 47.6 cm³/mol. The van der Waals surface area contributed by atoms with E-state index in [-0.39, 0.29) is 0 Å². The molecule has 0 atom stereocenters. The number of thiophene rings is 1. The zero-order chi connectivity index (χ0) is 8.10. The monoisotopic (exact) mass is 165 g/mol. The average molecular weight is 165 g/mol. The Kier molecular flexibility index (Phi) is 3.13. The summed E-state index contributed by atoms with van der Waals surface area (Å²) in [4.78, 5) is 0. The molecule has 1 aromatic heterocycles. The molecule has 0 saturated heterocycles. The Morgan fingerprint density at radius 1 is 1.64 bits per heavy atom. The van der Waals surface area contributed by atoms with Gasteiger partial charge in [-0.15, -0.1) is 0 Å². The molecule has 0 N–H and O–H groups in total. The first-order chi connectivity index (χ1) is 5.38. The van der Waals surface area contributed by atoms with Crippen molar-refractivity contribution in [2.45, 2.75) is 25.7 Å². The van der Waals surface area contributed by atoms with Crippen LogP contribution in [0.2, 0.25) is 0 Å². The molecule has 0 amide bonds. The molecule has 1 nitrogen and oxygen atoms in total. The van der Waals surface area contributed by atoms with E-state index in [1.54, 1.807) is 11.6 Å². The van der Waals surface area contributed by atoms with Crippen LogP contribution in [0.25, 0.3) is 0 Å². The maximum atomic E-state index is 7.32. The van der Waals surface area contributed by atoms with Crippen LogP contribution in [0.4, 0.5) is 0 Å². The van der Waals surface area contributed by atoms with E-state index in [9.17, 15) is 0 Å². The van der Waals surface area contributed by atoms with Crippen molar-refractivity contribution < 1.29 is 0 Å². The molecule has 0 spiro atoms. The van der Waals surface area contributed by atoms with Crippen molar-refractivity contribution in [3.05, 3.63) is 22.4 Å². The Labute approximate surface area is 71.3 Å². The predicted octanol–water partition coefficient (Wildman–Crippen LogP) is 3.16. The molecule has 2 heteroatoms. The van der Waals surface area contributed by atoms with E-state index in [0.717, 1.165) is 5.92 Å². The Bertz CT molecular complexity index is 229. The highest BCUT2D eigenvalue weighted by atomic mass is 32.1. The smallest absolute Gasteiger partial charge is 0.0587 e. The van der Waals surface area contributed by atoms with Crippen LogP contribution in [-0.2, 0) is 0 Å². The fraction of sp³-hybridized carbons (Fsp3) is 0.444. The molecular weight excluding hydrogens is 154 g/mol. The van der Waals surface area contributed by atoms with Crippen molar-refractivity contribution in [3.8, 4) is 6.07 Å². The second-order valence-electron chi connectivity index (χ2n) is 2.55. The molecule has 1 aromatic rings. The Morgan fingerprint density at radius 2 is 2.27 bits per heavy atom. The fourth-order valence-corrected chi connectivity index (χ4v) is 1.67. The third-order valence-corrected chi connectivity index (χ3v) is 2.29. The lowest BCUT2D eigenvalue weighted by molar-refractivity contribution is 1.15. The van der Waals surface area contributed by atoms with E-state index in [4.69, 9.17) is 5.26 Å². The van der Waals surface area contributed by atoms with Gasteiger partial charge in [0.05, 0.1) is 6.07 Å². The first-order valence-electron chi connectivity index (χ1n) is 3.71. The molecule has 58 valence electrons. The number of hydrogen-bond donors (Lipinski definition) is 0. The van der Waals surface area contributed by atoms with E-state index in [1.165, 1.54) is 19.8 Å². The molecule has 0 aromatic carbocycles. The van der Waals surface area contributed by atoms with Crippen LogP contribution in [0.3, 0.4) is 0 Å². The van der Waals surface area contributed by atoms with E-state index in [0.29, 0.717) is 0 Å². The molecule has 1 heterocycles. The summed E-state index contributed by atoms with van der Waals surface area (Å²) in [6, 6.07) is 3.99. The minimum atomic E-state index is 0.946. The molecule has 11 heavy (non-hydrogen) atoms. The Hall–Kier alpha value is -0.810. The summed E-state index contributed by atoms with van der Waals surface area (Å²) < 4.78 is 0. The molecule has 1 fully saturated rings. The van der Waals surface area contributed by atoms with Gasteiger partial charge in [-0.3, -0.25) is 0 Å². The van der Waals surface area contributed by atoms with Gasteiger partial charge in [-0.05, 0) is 41.1 Å². The third-order valence-electron chi connectivity index (χ3n) is 1.59. The van der Waals surface area contributed by atoms with Crippen LogP contribution in [0.15, 0.2) is 16.8 Å². The van der Waals surface area contributed by atoms with Gasteiger partial charge in [0.1, 0.15) is 0 Å². The standard InChI is InChI=1S/C7H8S.C2H3N/c1-2-6(1)7-3-4-8-5-7;1-2-3/h3-6H,1-2H2;1H3. The van der Waals surface area contributed by atoms with Crippen molar-refractivity contribution in [3.63, 3.8) is 0 Å². The highest BCUT2D eigenvalue weighted by molar-refractivity contribution is 7.08. The average Bonchev–Trinajstić information content (AvgIpc) is 2.69. The summed E-state index contributed by atoms with van der Waals surface area (Å²) >= 11 is 1.81. The Balaban J connectivity index is 0.000000179. The molecule has 2 rings (SSSR count). The molecule has 0 bridgehead atoms. The minimum absolute atomic E-state index is 0.946. The van der Waals surface area contributed by atoms with Gasteiger partial charge in [-0.25, -0.2) is 0 Å². The maximum absolute atomic E-state index is 7.32. The first-order valence-corrected chi connectivity index (χ1v) is 4.65. The second-order valence-corrected chi connectivity index (χ2v) is 3.33. The SMILES string of the molecule is CC#N.c1cc(C2CC2)cs1. The van der Waals surface area contributed by atoms with Crippen molar-refractivity contribution in [1.29, 1.82) is 5.26 Å². The lowest BCUT2D eigenvalue weighted by Crippen LogP contribution is -1.65. The van der Waals surface area contributed by atoms with Gasteiger partial charge in [0, 0.05) is 6.92 Å². The highest BCUT2D eigenvalue weighted by Crippen LogP contribution is 2.40. The third kappa shape index (κ3) is 2.73. The van der Waals surface area contributed by atoms with Gasteiger partial charge in [-0.1, -0.05) is 0 Å². The summed E-state index contributed by atoms with van der Waals surface area (Å²) in [5.41, 5.74) is 1.56. The quantitative estimate of drug-likeness (QED) is 0.627. The van der Waals surface area contributed by atoms with Gasteiger partial charge < -0.3 is 0 Å². The second kappa shape index (κ2) is 4.15. The van der Waals surface area contributed by atoms with Crippen LogP contribution in [0.5, 0.6) is 0 Å². The number of hydrogen-bond acceptors (Lipinski definition) is 2. The van der Waals surface area contributed by atoms with E-state index in [2.05, 4.69) is 16.8 Å². The van der Waals surface area contributed by atoms with Gasteiger partial charge in [0.2, 0.25) is 0 Å². The summed E-state index contributed by atoms with van der Waals surface area (Å²) in [7, 11) is 0.